The molecule has 2 heteroatoms. The van der Waals surface area contributed by atoms with Gasteiger partial charge in [0.15, 0.2) is 0 Å². The van der Waals surface area contributed by atoms with Crippen molar-refractivity contribution in [2.24, 2.45) is 0 Å². The van der Waals surface area contributed by atoms with Crippen molar-refractivity contribution in [1.82, 2.24) is 0 Å². The molecule has 0 amide bonds. The van der Waals surface area contributed by atoms with Crippen molar-refractivity contribution in [2.75, 3.05) is 10.2 Å². The fourth-order valence-electron chi connectivity index (χ4n) is 3.90. The first-order valence-corrected chi connectivity index (χ1v) is 9.99. The minimum Gasteiger partial charge on any atom is -0.353 e. The van der Waals surface area contributed by atoms with Crippen LogP contribution in [-0.2, 0) is 0 Å². The summed E-state index contributed by atoms with van der Waals surface area (Å²) in [5.74, 6) is 0. The van der Waals surface area contributed by atoms with E-state index in [9.17, 15) is 0 Å². The lowest BCUT2D eigenvalue weighted by Gasteiger charge is -2.41. The Balaban J connectivity index is 2.19. The summed E-state index contributed by atoms with van der Waals surface area (Å²) in [6.45, 7) is 15.5. The van der Waals surface area contributed by atoms with Gasteiger partial charge in [-0.25, -0.2) is 0 Å². The number of anilines is 4. The number of aryl methyl sites for hydroxylation is 4. The summed E-state index contributed by atoms with van der Waals surface area (Å²) in [5, 5.41) is 3.73. The van der Waals surface area contributed by atoms with Gasteiger partial charge in [0.2, 0.25) is 0 Å². The monoisotopic (exact) mass is 372 g/mol. The SMILES string of the molecule is Cc1cccc(C)c1Nc1ccccc1N(c1c(C)cccc1C)C(C)(C)C. The van der Waals surface area contributed by atoms with E-state index >= 15 is 0 Å². The molecular formula is C26H32N2. The molecule has 0 unspecified atom stereocenters. The predicted molar refractivity (Wildman–Crippen MR) is 123 cm³/mol. The van der Waals surface area contributed by atoms with Gasteiger partial charge < -0.3 is 10.2 Å². The van der Waals surface area contributed by atoms with Gasteiger partial charge in [-0.15, -0.1) is 0 Å². The van der Waals surface area contributed by atoms with E-state index in [4.69, 9.17) is 0 Å². The van der Waals surface area contributed by atoms with E-state index in [1.807, 2.05) is 0 Å². The average molecular weight is 373 g/mol. The molecule has 0 saturated heterocycles. The molecule has 3 aromatic carbocycles. The molecule has 3 rings (SSSR count). The summed E-state index contributed by atoms with van der Waals surface area (Å²) in [6, 6.07) is 21.6. The number of rotatable bonds is 4. The second-order valence-corrected chi connectivity index (χ2v) is 8.66. The van der Waals surface area contributed by atoms with E-state index in [0.717, 1.165) is 5.69 Å². The third kappa shape index (κ3) is 3.91. The van der Waals surface area contributed by atoms with Gasteiger partial charge in [0.25, 0.3) is 0 Å². The Hall–Kier alpha value is -2.74. The molecule has 146 valence electrons. The van der Waals surface area contributed by atoms with Gasteiger partial charge in [-0.05, 0) is 82.9 Å². The molecule has 0 aliphatic carbocycles. The van der Waals surface area contributed by atoms with Crippen LogP contribution in [0.1, 0.15) is 43.0 Å². The number of benzene rings is 3. The number of hydrogen-bond acceptors (Lipinski definition) is 2. The maximum absolute atomic E-state index is 3.73. The van der Waals surface area contributed by atoms with Crippen molar-refractivity contribution in [2.45, 2.75) is 54.0 Å². The molecule has 0 aliphatic rings. The molecule has 0 atom stereocenters. The maximum atomic E-state index is 3.73. The summed E-state index contributed by atoms with van der Waals surface area (Å²) >= 11 is 0. The fourth-order valence-corrected chi connectivity index (χ4v) is 3.90. The lowest BCUT2D eigenvalue weighted by molar-refractivity contribution is 0.559. The quantitative estimate of drug-likeness (QED) is 0.507. The molecule has 2 nitrogen and oxygen atoms in total. The molecule has 3 aromatic rings. The zero-order chi connectivity index (χ0) is 20.5. The van der Waals surface area contributed by atoms with Crippen molar-refractivity contribution >= 4 is 22.7 Å². The van der Waals surface area contributed by atoms with Gasteiger partial charge in [-0.3, -0.25) is 0 Å². The van der Waals surface area contributed by atoms with Crippen LogP contribution in [0.3, 0.4) is 0 Å². The Kier molecular flexibility index (Phi) is 5.51. The minimum absolute atomic E-state index is 0.0740. The molecule has 0 fully saturated rings. The first kappa shape index (κ1) is 20.0. The summed E-state index contributed by atoms with van der Waals surface area (Å²) < 4.78 is 0. The summed E-state index contributed by atoms with van der Waals surface area (Å²) in [4.78, 5) is 2.47. The van der Waals surface area contributed by atoms with Crippen LogP contribution in [0.5, 0.6) is 0 Å². The Morgan fingerprint density at radius 1 is 0.643 bits per heavy atom. The summed E-state index contributed by atoms with van der Waals surface area (Å²) in [6.07, 6.45) is 0. The minimum atomic E-state index is -0.0740. The summed E-state index contributed by atoms with van der Waals surface area (Å²) in [5.41, 5.74) is 9.79. The second kappa shape index (κ2) is 7.71. The van der Waals surface area contributed by atoms with Crippen molar-refractivity contribution in [3.63, 3.8) is 0 Å². The van der Waals surface area contributed by atoms with Gasteiger partial charge >= 0.3 is 0 Å². The highest BCUT2D eigenvalue weighted by Gasteiger charge is 2.28. The van der Waals surface area contributed by atoms with E-state index in [2.05, 4.69) is 119 Å². The molecule has 0 heterocycles. The zero-order valence-corrected chi connectivity index (χ0v) is 18.2. The van der Waals surface area contributed by atoms with Gasteiger partial charge in [-0.1, -0.05) is 48.5 Å². The average Bonchev–Trinajstić information content (AvgIpc) is 2.61. The van der Waals surface area contributed by atoms with Crippen LogP contribution in [0, 0.1) is 27.7 Å². The third-order valence-corrected chi connectivity index (χ3v) is 5.22. The van der Waals surface area contributed by atoms with Crippen LogP contribution in [0.4, 0.5) is 22.7 Å². The van der Waals surface area contributed by atoms with Gasteiger partial charge in [0, 0.05) is 16.9 Å². The number of nitrogens with one attached hydrogen (secondary N) is 1. The molecule has 0 saturated carbocycles. The maximum Gasteiger partial charge on any atom is 0.0655 e. The van der Waals surface area contributed by atoms with Crippen molar-refractivity contribution < 1.29 is 0 Å². The van der Waals surface area contributed by atoms with Crippen LogP contribution in [0.2, 0.25) is 0 Å². The predicted octanol–water partition coefficient (Wildman–Crippen LogP) is 7.60. The molecule has 1 N–H and O–H groups in total. The fraction of sp³-hybridized carbons (Fsp3) is 0.308. The van der Waals surface area contributed by atoms with Gasteiger partial charge in [-0.2, -0.15) is 0 Å². The second-order valence-electron chi connectivity index (χ2n) is 8.66. The Labute approximate surface area is 170 Å². The molecule has 0 spiro atoms. The summed E-state index contributed by atoms with van der Waals surface area (Å²) in [7, 11) is 0. The van der Waals surface area contributed by atoms with Crippen LogP contribution in [0.25, 0.3) is 0 Å². The van der Waals surface area contributed by atoms with Crippen LogP contribution < -0.4 is 10.2 Å². The highest BCUT2D eigenvalue weighted by Crippen LogP contribution is 2.42. The number of nitrogens with zero attached hydrogens (tertiary/aromatic N) is 1. The Bertz CT molecular complexity index is 939. The first-order chi connectivity index (χ1) is 13.2. The van der Waals surface area contributed by atoms with Crippen molar-refractivity contribution in [3.05, 3.63) is 82.9 Å². The van der Waals surface area contributed by atoms with Crippen molar-refractivity contribution in [1.29, 1.82) is 0 Å². The first-order valence-electron chi connectivity index (χ1n) is 9.99. The van der Waals surface area contributed by atoms with E-state index < -0.39 is 0 Å². The molecule has 28 heavy (non-hydrogen) atoms. The van der Waals surface area contributed by atoms with Crippen molar-refractivity contribution in [3.8, 4) is 0 Å². The lowest BCUT2D eigenvalue weighted by atomic mass is 9.98. The standard InChI is InChI=1S/C26H32N2/c1-18-12-10-13-19(2)24(18)27-22-16-8-9-17-23(22)28(26(5,6)7)25-20(3)14-11-15-21(25)4/h8-17,27H,1-7H3. The van der Waals surface area contributed by atoms with Gasteiger partial charge in [0.1, 0.15) is 0 Å². The molecule has 0 aliphatic heterocycles. The van der Waals surface area contributed by atoms with Crippen LogP contribution in [0.15, 0.2) is 60.7 Å². The smallest absolute Gasteiger partial charge is 0.0655 e. The topological polar surface area (TPSA) is 15.3 Å². The third-order valence-electron chi connectivity index (χ3n) is 5.22. The van der Waals surface area contributed by atoms with E-state index in [1.165, 1.54) is 39.3 Å². The highest BCUT2D eigenvalue weighted by atomic mass is 15.2. The van der Waals surface area contributed by atoms with Gasteiger partial charge in [0.05, 0.1) is 11.4 Å². The number of hydrogen-bond donors (Lipinski definition) is 1. The molecule has 0 radical (unpaired) electrons. The lowest BCUT2D eigenvalue weighted by Crippen LogP contribution is -2.38. The normalized spacial score (nSPS) is 11.4. The van der Waals surface area contributed by atoms with Crippen LogP contribution >= 0.6 is 0 Å². The van der Waals surface area contributed by atoms with Crippen LogP contribution in [-0.4, -0.2) is 5.54 Å². The largest absolute Gasteiger partial charge is 0.353 e. The Morgan fingerprint density at radius 3 is 1.68 bits per heavy atom. The molecule has 0 aromatic heterocycles. The molecule has 0 bridgehead atoms. The van der Waals surface area contributed by atoms with E-state index in [1.54, 1.807) is 0 Å². The number of para-hydroxylation sites is 4. The molecular weight excluding hydrogens is 340 g/mol. The van der Waals surface area contributed by atoms with E-state index in [-0.39, 0.29) is 5.54 Å². The van der Waals surface area contributed by atoms with E-state index in [0.29, 0.717) is 0 Å². The Morgan fingerprint density at radius 2 is 1.14 bits per heavy atom. The zero-order valence-electron chi connectivity index (χ0n) is 18.2. The highest BCUT2D eigenvalue weighted by molar-refractivity contribution is 5.83.